The summed E-state index contributed by atoms with van der Waals surface area (Å²) in [7, 11) is 0. The summed E-state index contributed by atoms with van der Waals surface area (Å²) in [5.74, 6) is 1.28. The van der Waals surface area contributed by atoms with Gasteiger partial charge in [-0.1, -0.05) is 31.7 Å². The Balaban J connectivity index is 1.96. The lowest BCUT2D eigenvalue weighted by Crippen LogP contribution is -2.41. The molecule has 1 atom stereocenters. The summed E-state index contributed by atoms with van der Waals surface area (Å²) in [5, 5.41) is 3.21. The van der Waals surface area contributed by atoms with E-state index in [2.05, 4.69) is 28.8 Å². The van der Waals surface area contributed by atoms with Crippen molar-refractivity contribution in [1.82, 2.24) is 9.97 Å². The minimum absolute atomic E-state index is 0.0821. The highest BCUT2D eigenvalue weighted by molar-refractivity contribution is 6.07. The Bertz CT molecular complexity index is 811. The third-order valence-corrected chi connectivity index (χ3v) is 4.86. The van der Waals surface area contributed by atoms with Crippen molar-refractivity contribution in [3.8, 4) is 0 Å². The molecule has 1 amide bonds. The maximum absolute atomic E-state index is 12.9. The molecule has 0 bridgehead atoms. The van der Waals surface area contributed by atoms with E-state index in [0.717, 1.165) is 23.2 Å². The SMILES string of the molecule is C=Cc1ccc(Nc2ncc3c(n2)N([C@@H](C)CC)C(=O)C3(C)C)cc1. The van der Waals surface area contributed by atoms with Crippen molar-refractivity contribution < 1.29 is 4.79 Å². The van der Waals surface area contributed by atoms with Crippen molar-refractivity contribution in [3.63, 3.8) is 0 Å². The lowest BCUT2D eigenvalue weighted by molar-refractivity contribution is -0.122. The summed E-state index contributed by atoms with van der Waals surface area (Å²) >= 11 is 0. The second-order valence-corrected chi connectivity index (χ2v) is 6.94. The molecule has 5 heteroatoms. The van der Waals surface area contributed by atoms with E-state index in [1.807, 2.05) is 49.9 Å². The molecule has 0 fully saturated rings. The predicted molar refractivity (Wildman–Crippen MR) is 102 cm³/mol. The van der Waals surface area contributed by atoms with Crippen LogP contribution in [0.25, 0.3) is 6.08 Å². The lowest BCUT2D eigenvalue weighted by atomic mass is 9.88. The van der Waals surface area contributed by atoms with Crippen LogP contribution in [0.4, 0.5) is 17.5 Å². The number of rotatable bonds is 5. The van der Waals surface area contributed by atoms with E-state index in [1.54, 1.807) is 12.3 Å². The van der Waals surface area contributed by atoms with Gasteiger partial charge in [0.1, 0.15) is 5.82 Å². The van der Waals surface area contributed by atoms with Gasteiger partial charge < -0.3 is 5.32 Å². The summed E-state index contributed by atoms with van der Waals surface area (Å²) in [6, 6.07) is 7.95. The predicted octanol–water partition coefficient (Wildman–Crippen LogP) is 4.29. The fourth-order valence-corrected chi connectivity index (χ4v) is 2.99. The number of fused-ring (bicyclic) bond motifs is 1. The first-order valence-corrected chi connectivity index (χ1v) is 8.59. The first-order chi connectivity index (χ1) is 11.9. The number of anilines is 3. The van der Waals surface area contributed by atoms with Gasteiger partial charge in [0.25, 0.3) is 0 Å². The van der Waals surface area contributed by atoms with Crippen LogP contribution in [0.5, 0.6) is 0 Å². The quantitative estimate of drug-likeness (QED) is 0.885. The summed E-state index contributed by atoms with van der Waals surface area (Å²) in [5.41, 5.74) is 2.23. The molecule has 130 valence electrons. The minimum Gasteiger partial charge on any atom is -0.324 e. The van der Waals surface area contributed by atoms with Crippen LogP contribution in [0.3, 0.4) is 0 Å². The van der Waals surface area contributed by atoms with E-state index in [4.69, 9.17) is 0 Å². The van der Waals surface area contributed by atoms with Gasteiger partial charge in [0.05, 0.1) is 5.41 Å². The van der Waals surface area contributed by atoms with Gasteiger partial charge in [-0.05, 0) is 44.9 Å². The van der Waals surface area contributed by atoms with E-state index in [9.17, 15) is 4.79 Å². The maximum atomic E-state index is 12.9. The van der Waals surface area contributed by atoms with Crippen LogP contribution in [0.15, 0.2) is 37.0 Å². The number of amides is 1. The van der Waals surface area contributed by atoms with Crippen LogP contribution >= 0.6 is 0 Å². The van der Waals surface area contributed by atoms with Gasteiger partial charge in [0.2, 0.25) is 11.9 Å². The second-order valence-electron chi connectivity index (χ2n) is 6.94. The van der Waals surface area contributed by atoms with Gasteiger partial charge >= 0.3 is 0 Å². The molecule has 2 heterocycles. The number of aromatic nitrogens is 2. The number of hydrogen-bond donors (Lipinski definition) is 1. The van der Waals surface area contributed by atoms with Crippen molar-refractivity contribution >= 4 is 29.4 Å². The molecule has 0 saturated heterocycles. The van der Waals surface area contributed by atoms with Gasteiger partial charge in [-0.25, -0.2) is 4.98 Å². The van der Waals surface area contributed by atoms with Crippen LogP contribution in [-0.2, 0) is 10.2 Å². The van der Waals surface area contributed by atoms with Crippen molar-refractivity contribution in [3.05, 3.63) is 48.2 Å². The molecule has 1 aromatic heterocycles. The lowest BCUT2D eigenvalue weighted by Gasteiger charge is -2.25. The number of benzene rings is 1. The van der Waals surface area contributed by atoms with Gasteiger partial charge in [0.15, 0.2) is 0 Å². The molecule has 3 rings (SSSR count). The average molecular weight is 336 g/mol. The van der Waals surface area contributed by atoms with Crippen LogP contribution in [-0.4, -0.2) is 21.9 Å². The Morgan fingerprint density at radius 1 is 1.32 bits per heavy atom. The maximum Gasteiger partial charge on any atom is 0.238 e. The molecule has 1 aliphatic heterocycles. The van der Waals surface area contributed by atoms with Crippen LogP contribution < -0.4 is 10.2 Å². The molecule has 0 saturated carbocycles. The van der Waals surface area contributed by atoms with Crippen molar-refractivity contribution in [2.45, 2.75) is 45.6 Å². The van der Waals surface area contributed by atoms with Crippen LogP contribution in [0, 0.1) is 0 Å². The first kappa shape index (κ1) is 17.1. The first-order valence-electron chi connectivity index (χ1n) is 8.59. The standard InChI is InChI=1S/C20H24N4O/c1-6-13(3)24-17-16(20(4,5)18(24)25)12-21-19(23-17)22-15-10-8-14(7-2)9-11-15/h7-13H,2,6H2,1,3-5H3,(H,21,22,23)/t13-/m0/s1. The molecule has 0 unspecified atom stereocenters. The smallest absolute Gasteiger partial charge is 0.238 e. The Kier molecular flexibility index (Phi) is 4.33. The molecule has 1 aliphatic rings. The van der Waals surface area contributed by atoms with Crippen molar-refractivity contribution in [2.75, 3.05) is 10.2 Å². The van der Waals surface area contributed by atoms with Crippen LogP contribution in [0.2, 0.25) is 0 Å². The number of carbonyl (C=O) groups is 1. The third kappa shape index (κ3) is 2.90. The normalized spacial score (nSPS) is 16.5. The molecule has 0 radical (unpaired) electrons. The molecule has 0 aliphatic carbocycles. The van der Waals surface area contributed by atoms with Crippen molar-refractivity contribution in [1.29, 1.82) is 0 Å². The van der Waals surface area contributed by atoms with E-state index in [0.29, 0.717) is 11.8 Å². The van der Waals surface area contributed by atoms with Gasteiger partial charge in [0, 0.05) is 23.5 Å². The third-order valence-electron chi connectivity index (χ3n) is 4.86. The molecule has 0 spiro atoms. The average Bonchev–Trinajstić information content (AvgIpc) is 2.81. The zero-order chi connectivity index (χ0) is 18.2. The van der Waals surface area contributed by atoms with Gasteiger partial charge in [-0.3, -0.25) is 9.69 Å². The number of hydrogen-bond acceptors (Lipinski definition) is 4. The molecule has 1 aromatic carbocycles. The van der Waals surface area contributed by atoms with E-state index < -0.39 is 5.41 Å². The van der Waals surface area contributed by atoms with E-state index in [1.165, 1.54) is 0 Å². The number of nitrogens with zero attached hydrogens (tertiary/aromatic N) is 3. The molecule has 2 aromatic rings. The number of carbonyl (C=O) groups excluding carboxylic acids is 1. The molecule has 1 N–H and O–H groups in total. The summed E-state index contributed by atoms with van der Waals surface area (Å²) in [6.45, 7) is 11.7. The van der Waals surface area contributed by atoms with Gasteiger partial charge in [-0.2, -0.15) is 4.98 Å². The summed E-state index contributed by atoms with van der Waals surface area (Å²) in [4.78, 5) is 23.7. The highest BCUT2D eigenvalue weighted by Gasteiger charge is 2.46. The Morgan fingerprint density at radius 3 is 2.60 bits per heavy atom. The van der Waals surface area contributed by atoms with Crippen molar-refractivity contribution in [2.24, 2.45) is 0 Å². The van der Waals surface area contributed by atoms with Crippen LogP contribution in [0.1, 0.15) is 45.2 Å². The molecular formula is C20H24N4O. The van der Waals surface area contributed by atoms with E-state index >= 15 is 0 Å². The summed E-state index contributed by atoms with van der Waals surface area (Å²) < 4.78 is 0. The summed E-state index contributed by atoms with van der Waals surface area (Å²) in [6.07, 6.45) is 4.44. The highest BCUT2D eigenvalue weighted by Crippen LogP contribution is 2.41. The zero-order valence-corrected chi connectivity index (χ0v) is 15.2. The Morgan fingerprint density at radius 2 is 2.00 bits per heavy atom. The molecule has 5 nitrogen and oxygen atoms in total. The topological polar surface area (TPSA) is 58.1 Å². The highest BCUT2D eigenvalue weighted by atomic mass is 16.2. The zero-order valence-electron chi connectivity index (χ0n) is 15.2. The Labute approximate surface area is 148 Å². The number of nitrogens with one attached hydrogen (secondary N) is 1. The van der Waals surface area contributed by atoms with Gasteiger partial charge in [-0.15, -0.1) is 0 Å². The monoisotopic (exact) mass is 336 g/mol. The van der Waals surface area contributed by atoms with E-state index in [-0.39, 0.29) is 11.9 Å². The molecular weight excluding hydrogens is 312 g/mol. The fraction of sp³-hybridized carbons (Fsp3) is 0.350. The Hall–Kier alpha value is -2.69. The minimum atomic E-state index is -0.594. The second kappa shape index (κ2) is 6.31. The fourth-order valence-electron chi connectivity index (χ4n) is 2.99. The molecule has 25 heavy (non-hydrogen) atoms. The largest absolute Gasteiger partial charge is 0.324 e.